The Morgan fingerprint density at radius 3 is 2.65 bits per heavy atom. The van der Waals surface area contributed by atoms with Crippen molar-refractivity contribution in [2.75, 3.05) is 33.5 Å². The predicted octanol–water partition coefficient (Wildman–Crippen LogP) is 0.548. The van der Waals surface area contributed by atoms with Crippen LogP contribution < -0.4 is 10.1 Å². The third-order valence-electron chi connectivity index (χ3n) is 2.81. The third-order valence-corrected chi connectivity index (χ3v) is 4.64. The third kappa shape index (κ3) is 4.49. The number of nitrogens with one attached hydrogen (secondary N) is 1. The van der Waals surface area contributed by atoms with E-state index in [9.17, 15) is 8.42 Å². The van der Waals surface area contributed by atoms with Crippen LogP contribution in [0.15, 0.2) is 18.2 Å². The van der Waals surface area contributed by atoms with Crippen molar-refractivity contribution in [2.24, 2.45) is 0 Å². The van der Waals surface area contributed by atoms with Crippen molar-refractivity contribution in [3.63, 3.8) is 0 Å². The Hall–Kier alpha value is -1.62. The standard InChI is InChI=1S/C13H19N3O3S/c1-16(2)20(17,18)7-6-15-10-11-4-5-13(19-3)12(8-11)9-14/h4-5,8,15H,6-7,10H2,1-3H3. The fourth-order valence-electron chi connectivity index (χ4n) is 1.57. The zero-order valence-corrected chi connectivity index (χ0v) is 12.7. The number of nitriles is 1. The highest BCUT2D eigenvalue weighted by molar-refractivity contribution is 7.89. The first-order valence-corrected chi connectivity index (χ1v) is 7.69. The first-order valence-electron chi connectivity index (χ1n) is 6.08. The minimum atomic E-state index is -3.18. The lowest BCUT2D eigenvalue weighted by Crippen LogP contribution is -2.31. The van der Waals surface area contributed by atoms with Crippen molar-refractivity contribution < 1.29 is 13.2 Å². The maximum Gasteiger partial charge on any atom is 0.214 e. The van der Waals surface area contributed by atoms with E-state index in [1.165, 1.54) is 25.5 Å². The van der Waals surface area contributed by atoms with Crippen LogP contribution in [0, 0.1) is 11.3 Å². The lowest BCUT2D eigenvalue weighted by atomic mass is 10.1. The van der Waals surface area contributed by atoms with Gasteiger partial charge in [0.15, 0.2) is 0 Å². The smallest absolute Gasteiger partial charge is 0.214 e. The molecule has 6 nitrogen and oxygen atoms in total. The second kappa shape index (κ2) is 7.24. The summed E-state index contributed by atoms with van der Waals surface area (Å²) in [6.45, 7) is 0.857. The van der Waals surface area contributed by atoms with E-state index in [4.69, 9.17) is 10.00 Å². The van der Waals surface area contributed by atoms with E-state index in [-0.39, 0.29) is 5.75 Å². The summed E-state index contributed by atoms with van der Waals surface area (Å²) in [4.78, 5) is 0. The first kappa shape index (κ1) is 16.4. The second-order valence-electron chi connectivity index (χ2n) is 4.42. The Bertz CT molecular complexity index is 591. The van der Waals surface area contributed by atoms with Gasteiger partial charge in [-0.25, -0.2) is 12.7 Å². The Kier molecular flexibility index (Phi) is 5.95. The molecule has 110 valence electrons. The van der Waals surface area contributed by atoms with Gasteiger partial charge in [-0.2, -0.15) is 5.26 Å². The lowest BCUT2D eigenvalue weighted by molar-refractivity contribution is 0.413. The highest BCUT2D eigenvalue weighted by atomic mass is 32.2. The monoisotopic (exact) mass is 297 g/mol. The van der Waals surface area contributed by atoms with Gasteiger partial charge < -0.3 is 10.1 Å². The molecule has 0 bridgehead atoms. The molecule has 0 aliphatic heterocycles. The van der Waals surface area contributed by atoms with Gasteiger partial charge >= 0.3 is 0 Å². The molecule has 0 saturated heterocycles. The number of ether oxygens (including phenoxy) is 1. The molecular formula is C13H19N3O3S. The summed E-state index contributed by atoms with van der Waals surface area (Å²) < 4.78 is 29.4. The van der Waals surface area contributed by atoms with Crippen LogP contribution in [-0.2, 0) is 16.6 Å². The van der Waals surface area contributed by atoms with Crippen molar-refractivity contribution in [1.29, 1.82) is 5.26 Å². The summed E-state index contributed by atoms with van der Waals surface area (Å²) in [6, 6.07) is 7.36. The van der Waals surface area contributed by atoms with Crippen LogP contribution in [-0.4, -0.2) is 46.2 Å². The number of benzene rings is 1. The second-order valence-corrected chi connectivity index (χ2v) is 6.72. The van der Waals surface area contributed by atoms with Gasteiger partial charge in [0, 0.05) is 27.2 Å². The molecule has 0 aromatic heterocycles. The summed E-state index contributed by atoms with van der Waals surface area (Å²) in [6.07, 6.45) is 0. The molecule has 0 heterocycles. The van der Waals surface area contributed by atoms with Crippen molar-refractivity contribution in [3.8, 4) is 11.8 Å². The molecular weight excluding hydrogens is 278 g/mol. The molecule has 7 heteroatoms. The topological polar surface area (TPSA) is 82.4 Å². The van der Waals surface area contributed by atoms with E-state index in [1.54, 1.807) is 12.1 Å². The maximum atomic E-state index is 11.6. The Morgan fingerprint density at radius 2 is 2.10 bits per heavy atom. The predicted molar refractivity (Wildman–Crippen MR) is 76.9 cm³/mol. The van der Waals surface area contributed by atoms with E-state index >= 15 is 0 Å². The average Bonchev–Trinajstić information content (AvgIpc) is 2.43. The van der Waals surface area contributed by atoms with Crippen LogP contribution in [0.1, 0.15) is 11.1 Å². The molecule has 0 radical (unpaired) electrons. The van der Waals surface area contributed by atoms with E-state index in [1.807, 2.05) is 6.07 Å². The summed E-state index contributed by atoms with van der Waals surface area (Å²) >= 11 is 0. The van der Waals surface area contributed by atoms with Crippen LogP contribution in [0.3, 0.4) is 0 Å². The highest BCUT2D eigenvalue weighted by Gasteiger charge is 2.12. The SMILES string of the molecule is COc1ccc(CNCCS(=O)(=O)N(C)C)cc1C#N. The minimum absolute atomic E-state index is 0.0429. The summed E-state index contributed by atoms with van der Waals surface area (Å²) in [7, 11) is 1.36. The van der Waals surface area contributed by atoms with E-state index in [0.29, 0.717) is 24.4 Å². The fraction of sp³-hybridized carbons (Fsp3) is 0.462. The van der Waals surface area contributed by atoms with Crippen molar-refractivity contribution >= 4 is 10.0 Å². The summed E-state index contributed by atoms with van der Waals surface area (Å²) in [5.41, 5.74) is 1.37. The maximum absolute atomic E-state index is 11.6. The fourth-order valence-corrected chi connectivity index (χ4v) is 2.34. The average molecular weight is 297 g/mol. The van der Waals surface area contributed by atoms with Crippen LogP contribution in [0.2, 0.25) is 0 Å². The first-order chi connectivity index (χ1) is 9.40. The van der Waals surface area contributed by atoms with Crippen LogP contribution in [0.4, 0.5) is 0 Å². The Balaban J connectivity index is 2.54. The van der Waals surface area contributed by atoms with Gasteiger partial charge in [-0.1, -0.05) is 6.07 Å². The Morgan fingerprint density at radius 1 is 1.40 bits per heavy atom. The van der Waals surface area contributed by atoms with Gasteiger partial charge in [-0.15, -0.1) is 0 Å². The highest BCUT2D eigenvalue weighted by Crippen LogP contribution is 2.18. The largest absolute Gasteiger partial charge is 0.495 e. The van der Waals surface area contributed by atoms with Crippen LogP contribution in [0.25, 0.3) is 0 Å². The molecule has 1 aromatic carbocycles. The van der Waals surface area contributed by atoms with Gasteiger partial charge in [0.25, 0.3) is 0 Å². The van der Waals surface area contributed by atoms with Crippen LogP contribution in [0.5, 0.6) is 5.75 Å². The van der Waals surface area contributed by atoms with Crippen molar-refractivity contribution in [3.05, 3.63) is 29.3 Å². The number of hydrogen-bond donors (Lipinski definition) is 1. The number of rotatable bonds is 7. The van der Waals surface area contributed by atoms with Gasteiger partial charge in [0.05, 0.1) is 18.4 Å². The van der Waals surface area contributed by atoms with Crippen molar-refractivity contribution in [2.45, 2.75) is 6.54 Å². The molecule has 0 fully saturated rings. The van der Waals surface area contributed by atoms with E-state index < -0.39 is 10.0 Å². The van der Waals surface area contributed by atoms with Gasteiger partial charge in [0.2, 0.25) is 10.0 Å². The lowest BCUT2D eigenvalue weighted by Gasteiger charge is -2.12. The molecule has 20 heavy (non-hydrogen) atoms. The zero-order valence-electron chi connectivity index (χ0n) is 11.9. The minimum Gasteiger partial charge on any atom is -0.495 e. The van der Waals surface area contributed by atoms with E-state index in [2.05, 4.69) is 11.4 Å². The van der Waals surface area contributed by atoms with E-state index in [0.717, 1.165) is 5.56 Å². The normalized spacial score (nSPS) is 11.3. The van der Waals surface area contributed by atoms with Crippen LogP contribution >= 0.6 is 0 Å². The number of methoxy groups -OCH3 is 1. The molecule has 1 rings (SSSR count). The van der Waals surface area contributed by atoms with Gasteiger partial charge in [-0.05, 0) is 17.7 Å². The summed E-state index contributed by atoms with van der Waals surface area (Å²) in [5.74, 6) is 0.577. The molecule has 1 aromatic rings. The molecule has 0 unspecified atom stereocenters. The molecule has 0 atom stereocenters. The molecule has 0 spiro atoms. The Labute approximate surface area is 120 Å². The number of hydrogen-bond acceptors (Lipinski definition) is 5. The quantitative estimate of drug-likeness (QED) is 0.743. The zero-order chi connectivity index (χ0) is 15.2. The molecule has 0 aliphatic carbocycles. The number of nitrogens with zero attached hydrogens (tertiary/aromatic N) is 2. The molecule has 0 saturated carbocycles. The molecule has 0 amide bonds. The molecule has 0 aliphatic rings. The van der Waals surface area contributed by atoms with Gasteiger partial charge in [0.1, 0.15) is 11.8 Å². The summed E-state index contributed by atoms with van der Waals surface area (Å²) in [5, 5.41) is 12.0. The number of sulfonamides is 1. The molecule has 1 N–H and O–H groups in total. The van der Waals surface area contributed by atoms with Gasteiger partial charge in [-0.3, -0.25) is 0 Å². The van der Waals surface area contributed by atoms with Crippen molar-refractivity contribution in [1.82, 2.24) is 9.62 Å².